The van der Waals surface area contributed by atoms with Gasteiger partial charge in [0.05, 0.1) is 27.9 Å². The molecule has 27 heavy (non-hydrogen) atoms. The number of amides is 1. The van der Waals surface area contributed by atoms with E-state index in [9.17, 15) is 4.79 Å². The van der Waals surface area contributed by atoms with Gasteiger partial charge in [0.25, 0.3) is 5.91 Å². The monoisotopic (exact) mass is 558 g/mol. The average Bonchev–Trinajstić information content (AvgIpc) is 2.96. The number of amidine groups is 1. The van der Waals surface area contributed by atoms with Crippen molar-refractivity contribution in [2.75, 3.05) is 13.7 Å². The van der Waals surface area contributed by atoms with Crippen LogP contribution in [0.5, 0.6) is 11.5 Å². The molecule has 8 heteroatoms. The van der Waals surface area contributed by atoms with Crippen molar-refractivity contribution in [3.8, 4) is 11.5 Å². The van der Waals surface area contributed by atoms with E-state index in [4.69, 9.17) is 9.47 Å². The molecule has 2 aromatic rings. The highest BCUT2D eigenvalue weighted by Gasteiger charge is 2.24. The fourth-order valence-electron chi connectivity index (χ4n) is 2.40. The second-order valence-electron chi connectivity index (χ2n) is 5.43. The highest BCUT2D eigenvalue weighted by Crippen LogP contribution is 2.36. The summed E-state index contributed by atoms with van der Waals surface area (Å²) < 4.78 is 12.9. The first kappa shape index (κ1) is 20.2. The first-order valence-electron chi connectivity index (χ1n) is 8.05. The molecule has 1 N–H and O–H groups in total. The summed E-state index contributed by atoms with van der Waals surface area (Å²) in [6.07, 6.45) is 1.82. The molecular formula is C19H16BrIN2O3S. The molecule has 0 atom stereocenters. The molecule has 0 aromatic heterocycles. The van der Waals surface area contributed by atoms with Crippen molar-refractivity contribution in [1.82, 2.24) is 5.32 Å². The molecular weight excluding hydrogens is 543 g/mol. The maximum Gasteiger partial charge on any atom is 0.264 e. The summed E-state index contributed by atoms with van der Waals surface area (Å²) in [5.74, 6) is 1.18. The molecule has 5 nitrogen and oxygen atoms in total. The number of ether oxygens (including phenoxy) is 2. The number of carbonyl (C=O) groups excluding carboxylic acids is 1. The summed E-state index contributed by atoms with van der Waals surface area (Å²) >= 11 is 6.93. The minimum Gasteiger partial charge on any atom is -0.493 e. The smallest absolute Gasteiger partial charge is 0.264 e. The number of aliphatic imine (C=N–C) groups is 1. The predicted molar refractivity (Wildman–Crippen MR) is 122 cm³/mol. The van der Waals surface area contributed by atoms with Gasteiger partial charge < -0.3 is 14.8 Å². The van der Waals surface area contributed by atoms with Gasteiger partial charge in [-0.3, -0.25) is 4.79 Å². The number of methoxy groups -OCH3 is 1. The van der Waals surface area contributed by atoms with Crippen LogP contribution in [-0.4, -0.2) is 24.8 Å². The number of nitrogens with zero attached hydrogens (tertiary/aromatic N) is 1. The highest BCUT2D eigenvalue weighted by atomic mass is 127. The number of benzene rings is 2. The molecule has 0 saturated carbocycles. The van der Waals surface area contributed by atoms with E-state index in [1.54, 1.807) is 7.11 Å². The molecule has 3 rings (SSSR count). The molecule has 2 aromatic carbocycles. The quantitative estimate of drug-likeness (QED) is 0.397. The Hall–Kier alpha value is -1.52. The Morgan fingerprint density at radius 3 is 2.85 bits per heavy atom. The SMILES string of the molecule is CCOc1c(I)cc(/C=C2/SC(=Nc3cccc(Br)c3)NC2=O)cc1OC. The van der Waals surface area contributed by atoms with Gasteiger partial charge in [-0.05, 0) is 83.2 Å². The maximum atomic E-state index is 12.3. The molecule has 1 saturated heterocycles. The maximum absolute atomic E-state index is 12.3. The number of rotatable bonds is 5. The number of carbonyl (C=O) groups is 1. The van der Waals surface area contributed by atoms with Crippen molar-refractivity contribution in [3.63, 3.8) is 0 Å². The number of nitrogens with one attached hydrogen (secondary N) is 1. The van der Waals surface area contributed by atoms with Gasteiger partial charge in [-0.1, -0.05) is 22.0 Å². The van der Waals surface area contributed by atoms with Gasteiger partial charge in [0, 0.05) is 4.47 Å². The van der Waals surface area contributed by atoms with Crippen molar-refractivity contribution in [2.24, 2.45) is 4.99 Å². The molecule has 1 aliphatic rings. The van der Waals surface area contributed by atoms with Gasteiger partial charge in [0.15, 0.2) is 16.7 Å². The van der Waals surface area contributed by atoms with Crippen molar-refractivity contribution >= 4 is 73.1 Å². The normalized spacial score (nSPS) is 16.7. The standard InChI is InChI=1S/C19H16BrIN2O3S/c1-3-26-17-14(21)7-11(8-15(17)25-2)9-16-18(24)23-19(27-16)22-13-6-4-5-12(20)10-13/h4-10H,3H2,1-2H3,(H,22,23,24)/b16-9+. The fraction of sp³-hybridized carbons (Fsp3) is 0.158. The Morgan fingerprint density at radius 1 is 1.33 bits per heavy atom. The molecule has 1 aliphatic heterocycles. The van der Waals surface area contributed by atoms with Gasteiger partial charge >= 0.3 is 0 Å². The first-order valence-corrected chi connectivity index (χ1v) is 10.7. The summed E-state index contributed by atoms with van der Waals surface area (Å²) in [4.78, 5) is 17.4. The third-order valence-electron chi connectivity index (χ3n) is 3.53. The zero-order chi connectivity index (χ0) is 19.4. The first-order chi connectivity index (χ1) is 13.0. The van der Waals surface area contributed by atoms with Crippen LogP contribution in [0.1, 0.15) is 12.5 Å². The van der Waals surface area contributed by atoms with Crippen LogP contribution in [0.4, 0.5) is 5.69 Å². The molecule has 0 bridgehead atoms. The van der Waals surface area contributed by atoms with Gasteiger partial charge in [-0.25, -0.2) is 4.99 Å². The second kappa shape index (κ2) is 9.11. The Kier molecular flexibility index (Phi) is 6.83. The Balaban J connectivity index is 1.87. The van der Waals surface area contributed by atoms with Gasteiger partial charge in [-0.15, -0.1) is 0 Å². The molecule has 1 fully saturated rings. The molecule has 0 spiro atoms. The van der Waals surface area contributed by atoms with E-state index in [0.717, 1.165) is 19.3 Å². The zero-order valence-electron chi connectivity index (χ0n) is 14.6. The van der Waals surface area contributed by atoms with Crippen LogP contribution >= 0.6 is 50.3 Å². The molecule has 0 unspecified atom stereocenters. The van der Waals surface area contributed by atoms with E-state index >= 15 is 0 Å². The lowest BCUT2D eigenvalue weighted by molar-refractivity contribution is -0.115. The lowest BCUT2D eigenvalue weighted by Gasteiger charge is -2.12. The topological polar surface area (TPSA) is 59.9 Å². The summed E-state index contributed by atoms with van der Waals surface area (Å²) in [5.41, 5.74) is 1.63. The lowest BCUT2D eigenvalue weighted by Crippen LogP contribution is -2.19. The molecule has 0 aliphatic carbocycles. The van der Waals surface area contributed by atoms with Crippen LogP contribution in [-0.2, 0) is 4.79 Å². The van der Waals surface area contributed by atoms with Crippen LogP contribution in [0.15, 0.2) is 50.8 Å². The summed E-state index contributed by atoms with van der Waals surface area (Å²) in [6.45, 7) is 2.48. The predicted octanol–water partition coefficient (Wildman–Crippen LogP) is 5.35. The van der Waals surface area contributed by atoms with Gasteiger partial charge in [0.2, 0.25) is 0 Å². The second-order valence-corrected chi connectivity index (χ2v) is 8.54. The molecule has 1 heterocycles. The van der Waals surface area contributed by atoms with E-state index in [2.05, 4.69) is 48.8 Å². The van der Waals surface area contributed by atoms with Crippen molar-refractivity contribution in [2.45, 2.75) is 6.92 Å². The molecule has 1 amide bonds. The van der Waals surface area contributed by atoms with Crippen LogP contribution < -0.4 is 14.8 Å². The third-order valence-corrected chi connectivity index (χ3v) is 5.73. The van der Waals surface area contributed by atoms with E-state index in [1.807, 2.05) is 49.4 Å². The number of halogens is 2. The average molecular weight is 559 g/mol. The van der Waals surface area contributed by atoms with E-state index in [0.29, 0.717) is 28.2 Å². The third kappa shape index (κ3) is 5.05. The Bertz CT molecular complexity index is 947. The minimum absolute atomic E-state index is 0.170. The zero-order valence-corrected chi connectivity index (χ0v) is 19.1. The van der Waals surface area contributed by atoms with Crippen LogP contribution in [0, 0.1) is 3.57 Å². The highest BCUT2D eigenvalue weighted by molar-refractivity contribution is 14.1. The van der Waals surface area contributed by atoms with Crippen LogP contribution in [0.2, 0.25) is 0 Å². The lowest BCUT2D eigenvalue weighted by atomic mass is 10.2. The van der Waals surface area contributed by atoms with Crippen LogP contribution in [0.3, 0.4) is 0 Å². The van der Waals surface area contributed by atoms with Crippen molar-refractivity contribution in [3.05, 3.63) is 54.9 Å². The minimum atomic E-state index is -0.170. The fourth-order valence-corrected chi connectivity index (χ4v) is 4.41. The number of hydrogen-bond donors (Lipinski definition) is 1. The van der Waals surface area contributed by atoms with Crippen LogP contribution in [0.25, 0.3) is 6.08 Å². The number of hydrogen-bond acceptors (Lipinski definition) is 5. The van der Waals surface area contributed by atoms with E-state index in [1.165, 1.54) is 11.8 Å². The molecule has 140 valence electrons. The Labute approximate surface area is 183 Å². The van der Waals surface area contributed by atoms with E-state index in [-0.39, 0.29) is 5.91 Å². The largest absolute Gasteiger partial charge is 0.493 e. The Morgan fingerprint density at radius 2 is 2.15 bits per heavy atom. The van der Waals surface area contributed by atoms with Gasteiger partial charge in [-0.2, -0.15) is 0 Å². The van der Waals surface area contributed by atoms with Gasteiger partial charge in [0.1, 0.15) is 0 Å². The van der Waals surface area contributed by atoms with E-state index < -0.39 is 0 Å². The van der Waals surface area contributed by atoms with Crippen molar-refractivity contribution in [1.29, 1.82) is 0 Å². The summed E-state index contributed by atoms with van der Waals surface area (Å²) in [7, 11) is 1.60. The summed E-state index contributed by atoms with van der Waals surface area (Å²) in [5, 5.41) is 3.35. The van der Waals surface area contributed by atoms with Crippen molar-refractivity contribution < 1.29 is 14.3 Å². The molecule has 0 radical (unpaired) electrons. The number of thioether (sulfide) groups is 1. The summed E-state index contributed by atoms with van der Waals surface area (Å²) in [6, 6.07) is 11.4.